The molecule has 0 bridgehead atoms. The molecule has 3 saturated heterocycles. The van der Waals surface area contributed by atoms with Crippen LogP contribution >= 0.6 is 0 Å². The fourth-order valence-electron chi connectivity index (χ4n) is 3.47. The molecule has 6 heteroatoms. The third-order valence-corrected chi connectivity index (χ3v) is 5.66. The van der Waals surface area contributed by atoms with Gasteiger partial charge in [0.25, 0.3) is 0 Å². The molecule has 0 spiro atoms. The normalized spacial score (nSPS) is 52.2. The van der Waals surface area contributed by atoms with Gasteiger partial charge in [-0.1, -0.05) is 20.8 Å². The Balaban J connectivity index is 1.83. The van der Waals surface area contributed by atoms with E-state index in [1.165, 1.54) is 0 Å². The highest BCUT2D eigenvalue weighted by Crippen LogP contribution is 2.41. The molecular formula is C18H32O6. The molecule has 3 aliphatic heterocycles. The molecule has 0 aliphatic carbocycles. The Morgan fingerprint density at radius 3 is 1.42 bits per heavy atom. The molecule has 3 heterocycles. The van der Waals surface area contributed by atoms with Crippen LogP contribution in [0.15, 0.2) is 0 Å². The molecule has 7 unspecified atom stereocenters. The maximum absolute atomic E-state index is 6.34. The van der Waals surface area contributed by atoms with Crippen molar-refractivity contribution in [3.8, 4) is 0 Å². The molecule has 3 rings (SSSR count). The van der Waals surface area contributed by atoms with Gasteiger partial charge < -0.3 is 28.4 Å². The molecule has 0 aromatic rings. The van der Waals surface area contributed by atoms with E-state index in [-0.39, 0.29) is 24.4 Å². The Hall–Kier alpha value is -0.240. The molecule has 0 saturated carbocycles. The van der Waals surface area contributed by atoms with Crippen molar-refractivity contribution in [3.05, 3.63) is 0 Å². The first kappa shape index (κ1) is 18.5. The van der Waals surface area contributed by atoms with E-state index < -0.39 is 17.4 Å². The van der Waals surface area contributed by atoms with Gasteiger partial charge in [0.05, 0.1) is 13.2 Å². The molecule has 0 aromatic heterocycles. The molecule has 3 fully saturated rings. The highest BCUT2D eigenvalue weighted by molar-refractivity contribution is 4.96. The van der Waals surface area contributed by atoms with E-state index in [1.54, 1.807) is 0 Å². The molecule has 3 aliphatic rings. The fourth-order valence-corrected chi connectivity index (χ4v) is 3.47. The van der Waals surface area contributed by atoms with E-state index in [1.807, 2.05) is 20.8 Å². The van der Waals surface area contributed by atoms with Gasteiger partial charge in [0.2, 0.25) is 0 Å². The highest BCUT2D eigenvalue weighted by Gasteiger charge is 2.55. The second kappa shape index (κ2) is 6.49. The van der Waals surface area contributed by atoms with Gasteiger partial charge in [-0.2, -0.15) is 0 Å². The average molecular weight is 344 g/mol. The first-order valence-electron chi connectivity index (χ1n) is 9.24. The third-order valence-electron chi connectivity index (χ3n) is 5.66. The quantitative estimate of drug-likeness (QED) is 0.781. The minimum absolute atomic E-state index is 0.162. The number of hydrogen-bond acceptors (Lipinski definition) is 6. The average Bonchev–Trinajstić information content (AvgIpc) is 2.98. The Morgan fingerprint density at radius 1 is 0.625 bits per heavy atom. The molecule has 24 heavy (non-hydrogen) atoms. The largest absolute Gasteiger partial charge is 0.347 e. The SMILES string of the molecule is CCC1(C)OCC(C2OC(C)(CC)OC3COC(C)(CC)OC32)O1. The molecular weight excluding hydrogens is 312 g/mol. The number of hydrogen-bond donors (Lipinski definition) is 0. The van der Waals surface area contributed by atoms with Crippen molar-refractivity contribution in [2.75, 3.05) is 13.2 Å². The van der Waals surface area contributed by atoms with Crippen molar-refractivity contribution < 1.29 is 28.4 Å². The second-order valence-corrected chi connectivity index (χ2v) is 7.56. The fraction of sp³-hybridized carbons (Fsp3) is 1.00. The van der Waals surface area contributed by atoms with E-state index in [0.717, 1.165) is 19.3 Å². The lowest BCUT2D eigenvalue weighted by atomic mass is 9.97. The van der Waals surface area contributed by atoms with Crippen molar-refractivity contribution in [1.29, 1.82) is 0 Å². The van der Waals surface area contributed by atoms with Crippen LogP contribution in [0, 0.1) is 0 Å². The zero-order chi connectivity index (χ0) is 17.6. The lowest BCUT2D eigenvalue weighted by Gasteiger charge is -2.53. The Bertz CT molecular complexity index is 459. The van der Waals surface area contributed by atoms with Crippen LogP contribution in [0.5, 0.6) is 0 Å². The summed E-state index contributed by atoms with van der Waals surface area (Å²) in [6.45, 7) is 13.1. The summed E-state index contributed by atoms with van der Waals surface area (Å²) < 4.78 is 36.8. The minimum Gasteiger partial charge on any atom is -0.347 e. The van der Waals surface area contributed by atoms with Crippen molar-refractivity contribution in [2.45, 2.75) is 103 Å². The maximum atomic E-state index is 6.34. The van der Waals surface area contributed by atoms with Crippen LogP contribution < -0.4 is 0 Å². The summed E-state index contributed by atoms with van der Waals surface area (Å²) in [5.74, 6) is -1.82. The maximum Gasteiger partial charge on any atom is 0.166 e. The van der Waals surface area contributed by atoms with E-state index in [9.17, 15) is 0 Å². The van der Waals surface area contributed by atoms with E-state index >= 15 is 0 Å². The van der Waals surface area contributed by atoms with Crippen molar-refractivity contribution in [2.24, 2.45) is 0 Å². The van der Waals surface area contributed by atoms with Crippen LogP contribution in [0.25, 0.3) is 0 Å². The van der Waals surface area contributed by atoms with Crippen molar-refractivity contribution >= 4 is 0 Å². The number of ether oxygens (including phenoxy) is 6. The highest BCUT2D eigenvalue weighted by atomic mass is 16.8. The summed E-state index contributed by atoms with van der Waals surface area (Å²) in [6, 6.07) is 0. The number of fused-ring (bicyclic) bond motifs is 1. The van der Waals surface area contributed by atoms with Crippen LogP contribution in [-0.4, -0.2) is 55.0 Å². The molecule has 0 radical (unpaired) electrons. The van der Waals surface area contributed by atoms with Crippen LogP contribution in [-0.2, 0) is 28.4 Å². The summed E-state index contributed by atoms with van der Waals surface area (Å²) in [5, 5.41) is 0. The zero-order valence-electron chi connectivity index (χ0n) is 15.8. The summed E-state index contributed by atoms with van der Waals surface area (Å²) in [6.07, 6.45) is 1.51. The van der Waals surface area contributed by atoms with Gasteiger partial charge in [-0.05, 0) is 40.0 Å². The topological polar surface area (TPSA) is 55.4 Å². The molecule has 6 nitrogen and oxygen atoms in total. The standard InChI is InChI=1S/C18H32O6/c1-7-16(4)19-10-12(21-16)15-14-13(22-18(6,9-3)24-15)11-20-17(5,8-2)23-14/h12-15H,7-11H2,1-6H3. The molecule has 0 N–H and O–H groups in total. The van der Waals surface area contributed by atoms with Gasteiger partial charge in [-0.15, -0.1) is 0 Å². The predicted octanol–water partition coefficient (Wildman–Crippen LogP) is 2.98. The van der Waals surface area contributed by atoms with E-state index in [2.05, 4.69) is 20.8 Å². The van der Waals surface area contributed by atoms with Crippen LogP contribution in [0.3, 0.4) is 0 Å². The molecule has 0 amide bonds. The van der Waals surface area contributed by atoms with Gasteiger partial charge in [0, 0.05) is 0 Å². The summed E-state index contributed by atoms with van der Waals surface area (Å²) in [5.41, 5.74) is 0. The van der Waals surface area contributed by atoms with E-state index in [4.69, 9.17) is 28.4 Å². The second-order valence-electron chi connectivity index (χ2n) is 7.56. The van der Waals surface area contributed by atoms with Crippen LogP contribution in [0.2, 0.25) is 0 Å². The third kappa shape index (κ3) is 3.37. The first-order chi connectivity index (χ1) is 11.3. The minimum atomic E-state index is -0.660. The van der Waals surface area contributed by atoms with Crippen molar-refractivity contribution in [3.63, 3.8) is 0 Å². The van der Waals surface area contributed by atoms with Gasteiger partial charge in [-0.3, -0.25) is 0 Å². The smallest absolute Gasteiger partial charge is 0.166 e. The summed E-state index contributed by atoms with van der Waals surface area (Å²) in [4.78, 5) is 0. The summed E-state index contributed by atoms with van der Waals surface area (Å²) in [7, 11) is 0. The molecule has 0 aromatic carbocycles. The Kier molecular flexibility index (Phi) is 5.01. The van der Waals surface area contributed by atoms with Crippen LogP contribution in [0.1, 0.15) is 60.8 Å². The van der Waals surface area contributed by atoms with E-state index in [0.29, 0.717) is 13.2 Å². The Morgan fingerprint density at radius 2 is 1.00 bits per heavy atom. The van der Waals surface area contributed by atoms with Gasteiger partial charge in [0.15, 0.2) is 17.4 Å². The monoisotopic (exact) mass is 344 g/mol. The van der Waals surface area contributed by atoms with Gasteiger partial charge >= 0.3 is 0 Å². The number of rotatable bonds is 4. The summed E-state index contributed by atoms with van der Waals surface area (Å²) >= 11 is 0. The van der Waals surface area contributed by atoms with Crippen LogP contribution in [0.4, 0.5) is 0 Å². The zero-order valence-corrected chi connectivity index (χ0v) is 15.8. The first-order valence-corrected chi connectivity index (χ1v) is 9.24. The van der Waals surface area contributed by atoms with Gasteiger partial charge in [-0.25, -0.2) is 0 Å². The lowest BCUT2D eigenvalue weighted by molar-refractivity contribution is -0.422. The van der Waals surface area contributed by atoms with Crippen molar-refractivity contribution in [1.82, 2.24) is 0 Å². The molecule has 140 valence electrons. The Labute approximate surface area is 145 Å². The predicted molar refractivity (Wildman–Crippen MR) is 87.5 cm³/mol. The lowest BCUT2D eigenvalue weighted by Crippen LogP contribution is -2.66. The molecule has 7 atom stereocenters. The van der Waals surface area contributed by atoms with Gasteiger partial charge in [0.1, 0.15) is 24.4 Å².